The Kier molecular flexibility index (Phi) is 10.4. The molecule has 1 aliphatic heterocycles. The third-order valence-corrected chi connectivity index (χ3v) is 6.94. The average molecular weight is 609 g/mol. The minimum absolute atomic E-state index is 0.0335. The molecule has 0 radical (unpaired) electrons. The molecule has 18 heteroatoms. The fourth-order valence-electron chi connectivity index (χ4n) is 4.34. The summed E-state index contributed by atoms with van der Waals surface area (Å²) in [5.74, 6) is 0.0479. The maximum absolute atomic E-state index is 12.3. The van der Waals surface area contributed by atoms with Gasteiger partial charge in [-0.1, -0.05) is 19.8 Å². The highest BCUT2D eigenvalue weighted by Crippen LogP contribution is 2.38. The number of phosphoric ester groups is 1. The molecule has 1 saturated heterocycles. The van der Waals surface area contributed by atoms with Crippen LogP contribution >= 0.6 is 7.82 Å². The van der Waals surface area contributed by atoms with Crippen LogP contribution in [-0.4, -0.2) is 81.8 Å². The summed E-state index contributed by atoms with van der Waals surface area (Å²) in [6, 6.07) is 0. The van der Waals surface area contributed by atoms with Gasteiger partial charge in [-0.05, 0) is 12.5 Å². The minimum atomic E-state index is -4.79. The number of aliphatic hydroxyl groups excluding tert-OH is 1. The lowest BCUT2D eigenvalue weighted by molar-refractivity contribution is -0.116. The second kappa shape index (κ2) is 14.0. The van der Waals surface area contributed by atoms with Crippen molar-refractivity contribution in [3.05, 3.63) is 51.3 Å². The number of rotatable bonds is 14. The van der Waals surface area contributed by atoms with Gasteiger partial charge in [0.2, 0.25) is 5.91 Å². The summed E-state index contributed by atoms with van der Waals surface area (Å²) in [5.41, 5.74) is -0.248. The Bertz CT molecular complexity index is 1580. The first kappa shape index (κ1) is 31.2. The Morgan fingerprint density at radius 2 is 2.07 bits per heavy atom. The number of amides is 1. The van der Waals surface area contributed by atoms with Gasteiger partial charge in [-0.2, -0.15) is 0 Å². The fourth-order valence-corrected chi connectivity index (χ4v) is 4.68. The van der Waals surface area contributed by atoms with Crippen LogP contribution in [0.15, 0.2) is 34.5 Å². The molecule has 3 aromatic rings. The van der Waals surface area contributed by atoms with Crippen LogP contribution in [0.4, 0.5) is 5.82 Å². The Labute approximate surface area is 238 Å². The summed E-state index contributed by atoms with van der Waals surface area (Å²) in [6.07, 6.45) is 6.51. The number of aliphatic hydroxyl groups is 1. The van der Waals surface area contributed by atoms with Gasteiger partial charge < -0.3 is 34.8 Å². The standard InChI is InChI=1S/C24H33N8O9P/c1-2-3-4-9-31-14-29-20-21(27-13-28-22(20)31)26-8-7-25-18(34)6-5-15-11-32(24(36)30-23(15)35)19-10-16(33)17(41-19)12-40-42(37,38)39/h5-6,11,13-14,16-17,19,33H,2-4,7-10,12H2,1H3,(H,25,34)(H,26,27,28)(H,30,35,36)(H2,37,38,39)/b6-5+. The van der Waals surface area contributed by atoms with E-state index in [1.165, 1.54) is 12.4 Å². The molecule has 17 nitrogen and oxygen atoms in total. The molecule has 1 aliphatic rings. The van der Waals surface area contributed by atoms with Crippen molar-refractivity contribution in [2.24, 2.45) is 0 Å². The van der Waals surface area contributed by atoms with E-state index in [4.69, 9.17) is 14.5 Å². The third kappa shape index (κ3) is 8.18. The largest absolute Gasteiger partial charge is 0.469 e. The number of phosphoric acid groups is 1. The number of anilines is 1. The van der Waals surface area contributed by atoms with Crippen molar-refractivity contribution >= 4 is 36.8 Å². The predicted octanol–water partition coefficient (Wildman–Crippen LogP) is -0.134. The number of fused-ring (bicyclic) bond motifs is 1. The van der Waals surface area contributed by atoms with Crippen LogP contribution in [0.5, 0.6) is 0 Å². The van der Waals surface area contributed by atoms with Crippen molar-refractivity contribution in [2.45, 2.75) is 57.6 Å². The minimum Gasteiger partial charge on any atom is -0.390 e. The van der Waals surface area contributed by atoms with E-state index in [0.29, 0.717) is 17.9 Å². The van der Waals surface area contributed by atoms with Gasteiger partial charge in [-0.3, -0.25) is 23.7 Å². The topological polar surface area (TPSA) is 236 Å². The number of nitrogens with one attached hydrogen (secondary N) is 3. The van der Waals surface area contributed by atoms with Crippen LogP contribution < -0.4 is 21.9 Å². The van der Waals surface area contributed by atoms with Crippen molar-refractivity contribution < 1.29 is 33.5 Å². The SMILES string of the molecule is CCCCCn1cnc2c(NCCNC(=O)/C=C/c3cn(C4CC(O)C(COP(=O)(O)O)O4)c(=O)[nH]c3=O)ncnc21. The van der Waals surface area contributed by atoms with Gasteiger partial charge >= 0.3 is 13.5 Å². The number of carbonyl (C=O) groups is 1. The summed E-state index contributed by atoms with van der Waals surface area (Å²) < 4.78 is 23.8. The molecule has 0 aromatic carbocycles. The molecule has 4 heterocycles. The number of H-pyrrole nitrogens is 1. The van der Waals surface area contributed by atoms with E-state index >= 15 is 0 Å². The maximum atomic E-state index is 12.3. The van der Waals surface area contributed by atoms with Crippen LogP contribution in [0.3, 0.4) is 0 Å². The summed E-state index contributed by atoms with van der Waals surface area (Å²) in [5, 5.41) is 16.0. The predicted molar refractivity (Wildman–Crippen MR) is 149 cm³/mol. The second-order valence-electron chi connectivity index (χ2n) is 9.56. The summed E-state index contributed by atoms with van der Waals surface area (Å²) in [4.78, 5) is 69.8. The lowest BCUT2D eigenvalue weighted by Crippen LogP contribution is -2.33. The van der Waals surface area contributed by atoms with E-state index in [2.05, 4.69) is 42.0 Å². The van der Waals surface area contributed by atoms with Crippen molar-refractivity contribution in [3.63, 3.8) is 0 Å². The van der Waals surface area contributed by atoms with Crippen LogP contribution in [0.1, 0.15) is 44.4 Å². The van der Waals surface area contributed by atoms with Gasteiger partial charge in [-0.25, -0.2) is 24.3 Å². The Hall–Kier alpha value is -3.73. The fraction of sp³-hybridized carbons (Fsp3) is 0.500. The molecule has 0 spiro atoms. The van der Waals surface area contributed by atoms with Crippen molar-refractivity contribution in [2.75, 3.05) is 25.0 Å². The van der Waals surface area contributed by atoms with Gasteiger partial charge in [-0.15, -0.1) is 0 Å². The van der Waals surface area contributed by atoms with E-state index in [0.717, 1.165) is 48.3 Å². The molecule has 6 N–H and O–H groups in total. The molecule has 42 heavy (non-hydrogen) atoms. The number of nitrogens with zero attached hydrogens (tertiary/aromatic N) is 5. The van der Waals surface area contributed by atoms with Crippen molar-refractivity contribution in [1.82, 2.24) is 34.4 Å². The van der Waals surface area contributed by atoms with Crippen LogP contribution in [0, 0.1) is 0 Å². The average Bonchev–Trinajstić information content (AvgIpc) is 3.52. The molecule has 3 aromatic heterocycles. The van der Waals surface area contributed by atoms with E-state index in [-0.39, 0.29) is 18.5 Å². The highest BCUT2D eigenvalue weighted by molar-refractivity contribution is 7.46. The quantitative estimate of drug-likeness (QED) is 0.0795. The van der Waals surface area contributed by atoms with E-state index in [9.17, 15) is 24.1 Å². The van der Waals surface area contributed by atoms with Gasteiger partial charge in [0.05, 0.1) is 24.6 Å². The Balaban J connectivity index is 1.31. The molecule has 4 rings (SSSR count). The van der Waals surface area contributed by atoms with Gasteiger partial charge in [0.25, 0.3) is 5.56 Å². The molecule has 3 atom stereocenters. The number of aromatic nitrogens is 6. The van der Waals surface area contributed by atoms with Gasteiger partial charge in [0, 0.05) is 38.3 Å². The molecule has 228 valence electrons. The summed E-state index contributed by atoms with van der Waals surface area (Å²) in [6.45, 7) is 2.92. The molecular formula is C24H33N8O9P. The maximum Gasteiger partial charge on any atom is 0.469 e. The summed E-state index contributed by atoms with van der Waals surface area (Å²) >= 11 is 0. The summed E-state index contributed by atoms with van der Waals surface area (Å²) in [7, 11) is -4.79. The van der Waals surface area contributed by atoms with E-state index in [1.54, 1.807) is 6.33 Å². The number of aromatic amines is 1. The molecular weight excluding hydrogens is 575 g/mol. The first-order chi connectivity index (χ1) is 20.1. The zero-order chi connectivity index (χ0) is 30.3. The number of aryl methyl sites for hydroxylation is 1. The number of hydrogen-bond acceptors (Lipinski definition) is 11. The molecule has 0 aliphatic carbocycles. The smallest absolute Gasteiger partial charge is 0.390 e. The van der Waals surface area contributed by atoms with Crippen LogP contribution in [0.25, 0.3) is 17.2 Å². The van der Waals surface area contributed by atoms with Gasteiger partial charge in [0.15, 0.2) is 11.5 Å². The number of unbranched alkanes of at least 4 members (excludes halogenated alkanes) is 2. The van der Waals surface area contributed by atoms with E-state index < -0.39 is 50.0 Å². The monoisotopic (exact) mass is 608 g/mol. The van der Waals surface area contributed by atoms with E-state index in [1.807, 2.05) is 4.57 Å². The second-order valence-corrected chi connectivity index (χ2v) is 10.8. The Morgan fingerprint density at radius 1 is 1.26 bits per heavy atom. The number of hydrogen-bond donors (Lipinski definition) is 6. The molecule has 0 bridgehead atoms. The van der Waals surface area contributed by atoms with Crippen LogP contribution in [0.2, 0.25) is 0 Å². The zero-order valence-corrected chi connectivity index (χ0v) is 23.6. The molecule has 0 saturated carbocycles. The Morgan fingerprint density at radius 3 is 2.83 bits per heavy atom. The molecule has 1 amide bonds. The lowest BCUT2D eigenvalue weighted by Gasteiger charge is -2.16. The first-order valence-corrected chi connectivity index (χ1v) is 14.8. The number of carbonyl (C=O) groups excluding carboxylic acids is 1. The number of imidazole rings is 1. The zero-order valence-electron chi connectivity index (χ0n) is 22.8. The lowest BCUT2D eigenvalue weighted by atomic mass is 10.2. The first-order valence-electron chi connectivity index (χ1n) is 13.3. The normalized spacial score (nSPS) is 19.1. The third-order valence-electron chi connectivity index (χ3n) is 6.45. The highest BCUT2D eigenvalue weighted by Gasteiger charge is 2.37. The van der Waals surface area contributed by atoms with Crippen molar-refractivity contribution in [1.29, 1.82) is 0 Å². The molecule has 3 unspecified atom stereocenters. The molecule has 1 fully saturated rings. The van der Waals surface area contributed by atoms with Gasteiger partial charge in [0.1, 0.15) is 24.2 Å². The van der Waals surface area contributed by atoms with Crippen LogP contribution in [-0.2, 0) is 25.2 Å². The van der Waals surface area contributed by atoms with Crippen molar-refractivity contribution in [3.8, 4) is 0 Å². The number of ether oxygens (including phenoxy) is 1. The highest BCUT2D eigenvalue weighted by atomic mass is 31.2.